The molecular formula is C29H35BrN2O2. The van der Waals surface area contributed by atoms with Crippen LogP contribution in [0, 0.1) is 0 Å². The summed E-state index contributed by atoms with van der Waals surface area (Å²) in [5, 5.41) is 0. The summed E-state index contributed by atoms with van der Waals surface area (Å²) >= 11 is 3.62. The highest BCUT2D eigenvalue weighted by molar-refractivity contribution is 9.10. The van der Waals surface area contributed by atoms with Crippen molar-refractivity contribution in [2.45, 2.75) is 78.1 Å². The molecule has 34 heavy (non-hydrogen) atoms. The van der Waals surface area contributed by atoms with Crippen LogP contribution in [-0.2, 0) is 12.8 Å². The van der Waals surface area contributed by atoms with Gasteiger partial charge in [0, 0.05) is 22.4 Å². The fourth-order valence-electron chi connectivity index (χ4n) is 3.85. The van der Waals surface area contributed by atoms with E-state index < -0.39 is 0 Å². The molecule has 0 spiro atoms. The Labute approximate surface area is 212 Å². The van der Waals surface area contributed by atoms with Gasteiger partial charge in [0.15, 0.2) is 5.82 Å². The molecule has 0 aliphatic heterocycles. The number of ether oxygens (including phenoxy) is 1. The largest absolute Gasteiger partial charge is 0.423 e. The number of carbonyl (C=O) groups excluding carboxylic acids is 1. The molecule has 4 nitrogen and oxygen atoms in total. The van der Waals surface area contributed by atoms with Crippen molar-refractivity contribution in [1.82, 2.24) is 9.97 Å². The number of benzene rings is 2. The average molecular weight is 524 g/mol. The SMILES string of the molecule is CCCCCCCc1ccc(C(=O)Oc2ccc(-c3ncc(CCCCC)cn3)cc2)cc1Br. The van der Waals surface area contributed by atoms with Gasteiger partial charge >= 0.3 is 5.97 Å². The summed E-state index contributed by atoms with van der Waals surface area (Å²) < 4.78 is 6.55. The second-order valence-electron chi connectivity index (χ2n) is 8.76. The van der Waals surface area contributed by atoms with Gasteiger partial charge < -0.3 is 4.74 Å². The zero-order valence-electron chi connectivity index (χ0n) is 20.4. The van der Waals surface area contributed by atoms with Crippen LogP contribution in [0.3, 0.4) is 0 Å². The van der Waals surface area contributed by atoms with Crippen molar-refractivity contribution in [3.8, 4) is 17.1 Å². The van der Waals surface area contributed by atoms with E-state index in [1.165, 1.54) is 50.5 Å². The third-order valence-corrected chi connectivity index (χ3v) is 6.67. The van der Waals surface area contributed by atoms with Gasteiger partial charge in [0.1, 0.15) is 5.75 Å². The quantitative estimate of drug-likeness (QED) is 0.128. The smallest absolute Gasteiger partial charge is 0.343 e. The maximum atomic E-state index is 12.6. The molecular weight excluding hydrogens is 488 g/mol. The topological polar surface area (TPSA) is 52.1 Å². The lowest BCUT2D eigenvalue weighted by Crippen LogP contribution is -2.08. The van der Waals surface area contributed by atoms with E-state index in [-0.39, 0.29) is 5.97 Å². The van der Waals surface area contributed by atoms with Crippen LogP contribution in [0.2, 0.25) is 0 Å². The first-order valence-electron chi connectivity index (χ1n) is 12.5. The molecule has 1 aromatic heterocycles. The summed E-state index contributed by atoms with van der Waals surface area (Å²) in [4.78, 5) is 21.6. The minimum absolute atomic E-state index is 0.365. The number of rotatable bonds is 13. The molecule has 1 heterocycles. The number of unbranched alkanes of at least 4 members (excludes halogenated alkanes) is 6. The first-order valence-corrected chi connectivity index (χ1v) is 13.3. The molecule has 0 amide bonds. The normalized spacial score (nSPS) is 10.9. The summed E-state index contributed by atoms with van der Waals surface area (Å²) in [6.45, 7) is 4.43. The van der Waals surface area contributed by atoms with Crippen molar-refractivity contribution in [2.24, 2.45) is 0 Å². The van der Waals surface area contributed by atoms with E-state index in [4.69, 9.17) is 4.74 Å². The predicted octanol–water partition coefficient (Wildman–Crippen LogP) is 8.37. The molecule has 3 rings (SSSR count). The molecule has 0 radical (unpaired) electrons. The summed E-state index contributed by atoms with van der Waals surface area (Å²) in [6.07, 6.45) is 15.7. The number of halogens is 1. The van der Waals surface area contributed by atoms with Crippen LogP contribution in [-0.4, -0.2) is 15.9 Å². The molecule has 3 aromatic rings. The summed E-state index contributed by atoms with van der Waals surface area (Å²) in [6, 6.07) is 13.1. The van der Waals surface area contributed by atoms with Crippen LogP contribution >= 0.6 is 15.9 Å². The number of esters is 1. The van der Waals surface area contributed by atoms with Crippen LogP contribution in [0.4, 0.5) is 0 Å². The zero-order valence-corrected chi connectivity index (χ0v) is 21.9. The van der Waals surface area contributed by atoms with Crippen LogP contribution < -0.4 is 4.74 Å². The summed E-state index contributed by atoms with van der Waals surface area (Å²) in [5.74, 6) is 0.808. The molecule has 2 aromatic carbocycles. The van der Waals surface area contributed by atoms with E-state index in [0.717, 1.165) is 34.9 Å². The van der Waals surface area contributed by atoms with Gasteiger partial charge in [0.05, 0.1) is 5.56 Å². The average Bonchev–Trinajstić information content (AvgIpc) is 2.86. The van der Waals surface area contributed by atoms with Crippen molar-refractivity contribution in [3.05, 3.63) is 76.0 Å². The highest BCUT2D eigenvalue weighted by Crippen LogP contribution is 2.24. The number of hydrogen-bond donors (Lipinski definition) is 0. The third-order valence-electron chi connectivity index (χ3n) is 5.94. The Balaban J connectivity index is 1.54. The minimum atomic E-state index is -0.365. The second-order valence-corrected chi connectivity index (χ2v) is 9.61. The monoisotopic (exact) mass is 522 g/mol. The molecule has 5 heteroatoms. The summed E-state index contributed by atoms with van der Waals surface area (Å²) in [5.41, 5.74) is 3.82. The van der Waals surface area contributed by atoms with Crippen molar-refractivity contribution < 1.29 is 9.53 Å². The standard InChI is InChI=1S/C29H35BrN2O2/c1-3-5-7-8-10-12-23-13-14-25(19-27(23)30)29(33)34-26-17-15-24(16-18-26)28-31-20-22(21-32-28)11-9-6-4-2/h13-21H,3-12H2,1-2H3. The third kappa shape index (κ3) is 8.05. The van der Waals surface area contributed by atoms with E-state index in [1.54, 1.807) is 12.1 Å². The zero-order chi connectivity index (χ0) is 24.2. The van der Waals surface area contributed by atoms with Crippen LogP contribution in [0.25, 0.3) is 11.4 Å². The Hall–Kier alpha value is -2.53. The lowest BCUT2D eigenvalue weighted by atomic mass is 10.0. The van der Waals surface area contributed by atoms with Gasteiger partial charge in [-0.2, -0.15) is 0 Å². The fraction of sp³-hybridized carbons (Fsp3) is 0.414. The lowest BCUT2D eigenvalue weighted by molar-refractivity contribution is 0.0734. The van der Waals surface area contributed by atoms with E-state index >= 15 is 0 Å². The molecule has 0 fully saturated rings. The number of aryl methyl sites for hydroxylation is 2. The van der Waals surface area contributed by atoms with Gasteiger partial charge in [-0.05, 0) is 73.2 Å². The van der Waals surface area contributed by atoms with Crippen LogP contribution in [0.1, 0.15) is 86.7 Å². The number of carbonyl (C=O) groups is 1. The second kappa shape index (κ2) is 14.0. The molecule has 0 atom stereocenters. The Morgan fingerprint density at radius 2 is 1.47 bits per heavy atom. The number of hydrogen-bond acceptors (Lipinski definition) is 4. The van der Waals surface area contributed by atoms with Gasteiger partial charge in [-0.25, -0.2) is 14.8 Å². The minimum Gasteiger partial charge on any atom is -0.423 e. The number of aromatic nitrogens is 2. The lowest BCUT2D eigenvalue weighted by Gasteiger charge is -2.09. The Bertz CT molecular complexity index is 1030. The van der Waals surface area contributed by atoms with Gasteiger partial charge in [-0.1, -0.05) is 74.4 Å². The fourth-order valence-corrected chi connectivity index (χ4v) is 4.42. The van der Waals surface area contributed by atoms with Crippen LogP contribution in [0.5, 0.6) is 5.75 Å². The Morgan fingerprint density at radius 1 is 0.824 bits per heavy atom. The number of nitrogens with zero attached hydrogens (tertiary/aromatic N) is 2. The van der Waals surface area contributed by atoms with Crippen molar-refractivity contribution in [2.75, 3.05) is 0 Å². The maximum absolute atomic E-state index is 12.6. The van der Waals surface area contributed by atoms with Crippen molar-refractivity contribution in [3.63, 3.8) is 0 Å². The molecule has 0 unspecified atom stereocenters. The predicted molar refractivity (Wildman–Crippen MR) is 142 cm³/mol. The molecule has 0 N–H and O–H groups in total. The van der Waals surface area contributed by atoms with E-state index in [9.17, 15) is 4.79 Å². The van der Waals surface area contributed by atoms with Gasteiger partial charge in [-0.3, -0.25) is 0 Å². The molecule has 0 saturated carbocycles. The summed E-state index contributed by atoms with van der Waals surface area (Å²) in [7, 11) is 0. The van der Waals surface area contributed by atoms with Gasteiger partial charge in [0.2, 0.25) is 0 Å². The highest BCUT2D eigenvalue weighted by atomic mass is 79.9. The van der Waals surface area contributed by atoms with E-state index in [2.05, 4.69) is 39.7 Å². The highest BCUT2D eigenvalue weighted by Gasteiger charge is 2.12. The van der Waals surface area contributed by atoms with Crippen molar-refractivity contribution >= 4 is 21.9 Å². The Kier molecular flexibility index (Phi) is 10.7. The van der Waals surface area contributed by atoms with E-state index in [0.29, 0.717) is 17.1 Å². The van der Waals surface area contributed by atoms with Gasteiger partial charge in [0.25, 0.3) is 0 Å². The molecule has 0 bridgehead atoms. The molecule has 180 valence electrons. The first-order chi connectivity index (χ1) is 16.6. The van der Waals surface area contributed by atoms with Crippen LogP contribution in [0.15, 0.2) is 59.3 Å². The maximum Gasteiger partial charge on any atom is 0.343 e. The van der Waals surface area contributed by atoms with E-state index in [1.807, 2.05) is 42.7 Å². The Morgan fingerprint density at radius 3 is 2.15 bits per heavy atom. The van der Waals surface area contributed by atoms with Gasteiger partial charge in [-0.15, -0.1) is 0 Å². The molecule has 0 aliphatic rings. The van der Waals surface area contributed by atoms with Crippen molar-refractivity contribution in [1.29, 1.82) is 0 Å². The molecule has 0 aliphatic carbocycles. The first kappa shape index (κ1) is 26.1. The molecule has 0 saturated heterocycles.